The number of ether oxygens (including phenoxy) is 1. The van der Waals surface area contributed by atoms with Gasteiger partial charge in [-0.05, 0) is 52.8 Å². The van der Waals surface area contributed by atoms with E-state index in [1.54, 1.807) is 0 Å². The molecule has 212 valence electrons. The second kappa shape index (κ2) is 11.4. The number of carbonyl (C=O) groups is 1. The number of hydrogen-bond acceptors (Lipinski definition) is 6. The summed E-state index contributed by atoms with van der Waals surface area (Å²) < 4.78 is 4.94. The molecule has 0 saturated heterocycles. The minimum atomic E-state index is -0.565. The van der Waals surface area contributed by atoms with Crippen LogP contribution in [0, 0.1) is 0 Å². The van der Waals surface area contributed by atoms with Crippen LogP contribution < -0.4 is 0 Å². The Kier molecular flexibility index (Phi) is 9.70. The number of thioether (sulfide) groups is 2. The molecule has 0 amide bonds. The van der Waals surface area contributed by atoms with Gasteiger partial charge in [0.25, 0.3) is 0 Å². The Bertz CT molecular complexity index is 1000. The molecule has 0 spiro atoms. The lowest BCUT2D eigenvalue weighted by molar-refractivity contribution is -0.140. The van der Waals surface area contributed by atoms with Gasteiger partial charge < -0.3 is 14.9 Å². The first-order valence-corrected chi connectivity index (χ1v) is 15.1. The number of hydrogen-bond donors (Lipinski definition) is 2. The zero-order valence-corrected chi connectivity index (χ0v) is 27.3. The first kappa shape index (κ1) is 32.4. The fourth-order valence-electron chi connectivity index (χ4n) is 4.22. The molecule has 0 atom stereocenters. The molecule has 38 heavy (non-hydrogen) atoms. The molecule has 0 aliphatic heterocycles. The maximum absolute atomic E-state index is 13.3. The summed E-state index contributed by atoms with van der Waals surface area (Å²) in [4.78, 5) is 15.1. The SMILES string of the molecule is CCOC(=O)C(Sc1cc(C(C)(C)C)c(O)c(C(C)(C)C)c1)Sc1cc(C(C)(C)C)c(O)c(C(C)(C)C)c1. The lowest BCUT2D eigenvalue weighted by atomic mass is 9.79. The van der Waals surface area contributed by atoms with Gasteiger partial charge in [-0.2, -0.15) is 0 Å². The molecule has 4 nitrogen and oxygen atoms in total. The van der Waals surface area contributed by atoms with E-state index in [4.69, 9.17) is 4.74 Å². The van der Waals surface area contributed by atoms with Crippen LogP contribution in [0.3, 0.4) is 0 Å². The van der Waals surface area contributed by atoms with Crippen LogP contribution in [0.2, 0.25) is 0 Å². The molecule has 0 radical (unpaired) electrons. The van der Waals surface area contributed by atoms with Crippen molar-refractivity contribution in [2.75, 3.05) is 6.61 Å². The van der Waals surface area contributed by atoms with Crippen molar-refractivity contribution in [3.8, 4) is 11.5 Å². The highest BCUT2D eigenvalue weighted by Crippen LogP contribution is 2.47. The lowest BCUT2D eigenvalue weighted by Crippen LogP contribution is -2.20. The molecule has 2 aromatic rings. The predicted octanol–water partition coefficient (Wildman–Crippen LogP) is 9.06. The first-order chi connectivity index (χ1) is 17.1. The third-order valence-electron chi connectivity index (χ3n) is 6.36. The van der Waals surface area contributed by atoms with E-state index >= 15 is 0 Å². The van der Waals surface area contributed by atoms with Crippen LogP contribution in [-0.2, 0) is 31.2 Å². The summed E-state index contributed by atoms with van der Waals surface area (Å²) in [6.07, 6.45) is 0. The van der Waals surface area contributed by atoms with Crippen molar-refractivity contribution in [1.29, 1.82) is 0 Å². The van der Waals surface area contributed by atoms with Gasteiger partial charge >= 0.3 is 5.97 Å². The summed E-state index contributed by atoms with van der Waals surface area (Å²) in [7, 11) is 0. The van der Waals surface area contributed by atoms with E-state index in [0.29, 0.717) is 18.1 Å². The van der Waals surface area contributed by atoms with Gasteiger partial charge in [-0.3, -0.25) is 0 Å². The maximum atomic E-state index is 13.3. The van der Waals surface area contributed by atoms with Crippen molar-refractivity contribution in [2.45, 2.75) is 126 Å². The summed E-state index contributed by atoms with van der Waals surface area (Å²) in [5.74, 6) is 0.337. The molecule has 2 aromatic carbocycles. The third kappa shape index (κ3) is 7.88. The van der Waals surface area contributed by atoms with Crippen LogP contribution in [0.4, 0.5) is 0 Å². The van der Waals surface area contributed by atoms with Crippen LogP contribution in [0.5, 0.6) is 11.5 Å². The molecule has 0 fully saturated rings. The van der Waals surface area contributed by atoms with Crippen LogP contribution in [-0.4, -0.2) is 27.4 Å². The molecule has 0 aliphatic carbocycles. The van der Waals surface area contributed by atoms with Gasteiger partial charge in [0.1, 0.15) is 11.5 Å². The monoisotopic (exact) mass is 560 g/mol. The Morgan fingerprint density at radius 1 is 0.658 bits per heavy atom. The molecule has 0 bridgehead atoms. The molecule has 6 heteroatoms. The van der Waals surface area contributed by atoms with Gasteiger partial charge in [0.2, 0.25) is 0 Å². The summed E-state index contributed by atoms with van der Waals surface area (Å²) in [5, 5.41) is 22.3. The molecule has 0 unspecified atom stereocenters. The Balaban J connectivity index is 2.67. The zero-order chi connectivity index (χ0) is 29.4. The minimum absolute atomic E-state index is 0.270. The first-order valence-electron chi connectivity index (χ1n) is 13.3. The van der Waals surface area contributed by atoms with Gasteiger partial charge in [-0.25, -0.2) is 4.79 Å². The standard InChI is InChI=1S/C32H48O4S2/c1-14-36-27(35)28(37-19-15-21(29(2,3)4)25(33)22(16-19)30(5,6)7)38-20-17-23(31(8,9)10)26(34)24(18-20)32(11,12)13/h15-18,28,33-34H,14H2,1-13H3. The molecule has 0 aromatic heterocycles. The molecule has 0 heterocycles. The highest BCUT2D eigenvalue weighted by molar-refractivity contribution is 8.18. The molecule has 0 aliphatic rings. The van der Waals surface area contributed by atoms with Crippen LogP contribution >= 0.6 is 23.5 Å². The zero-order valence-electron chi connectivity index (χ0n) is 25.6. The fraction of sp³-hybridized carbons (Fsp3) is 0.594. The topological polar surface area (TPSA) is 66.8 Å². The van der Waals surface area contributed by atoms with Crippen LogP contribution in [0.25, 0.3) is 0 Å². The molecular formula is C32H48O4S2. The van der Waals surface area contributed by atoms with E-state index in [2.05, 4.69) is 83.1 Å². The average Bonchev–Trinajstić information content (AvgIpc) is 2.72. The summed E-state index contributed by atoms with van der Waals surface area (Å²) in [5.41, 5.74) is 2.34. The van der Waals surface area contributed by atoms with Gasteiger partial charge in [0.05, 0.1) is 6.61 Å². The second-order valence-corrected chi connectivity index (χ2v) is 16.7. The second-order valence-electron chi connectivity index (χ2n) is 14.1. The van der Waals surface area contributed by atoms with Gasteiger partial charge in [-0.1, -0.05) is 107 Å². The Morgan fingerprint density at radius 2 is 0.921 bits per heavy atom. The Morgan fingerprint density at radius 3 is 1.13 bits per heavy atom. The highest BCUT2D eigenvalue weighted by atomic mass is 32.2. The number of esters is 1. The Labute approximate surface area is 239 Å². The lowest BCUT2D eigenvalue weighted by Gasteiger charge is -2.29. The normalized spacial score (nSPS) is 13.2. The maximum Gasteiger partial charge on any atom is 0.330 e. The average molecular weight is 561 g/mol. The molecule has 2 rings (SSSR count). The van der Waals surface area contributed by atoms with Crippen LogP contribution in [0.1, 0.15) is 112 Å². The van der Waals surface area contributed by atoms with Crippen molar-refractivity contribution in [1.82, 2.24) is 0 Å². The minimum Gasteiger partial charge on any atom is -0.507 e. The highest BCUT2D eigenvalue weighted by Gasteiger charge is 2.31. The number of rotatable bonds is 6. The van der Waals surface area contributed by atoms with Crippen molar-refractivity contribution in [3.05, 3.63) is 46.5 Å². The summed E-state index contributed by atoms with van der Waals surface area (Å²) >= 11 is 2.89. The number of phenols is 2. The van der Waals surface area contributed by atoms with Gasteiger partial charge in [-0.15, -0.1) is 0 Å². The van der Waals surface area contributed by atoms with Gasteiger partial charge in [0.15, 0.2) is 4.58 Å². The van der Waals surface area contributed by atoms with E-state index in [1.165, 1.54) is 23.5 Å². The number of carbonyl (C=O) groups excluding carboxylic acids is 1. The van der Waals surface area contributed by atoms with Crippen molar-refractivity contribution in [2.24, 2.45) is 0 Å². The quantitative estimate of drug-likeness (QED) is 0.209. The van der Waals surface area contributed by atoms with Gasteiger partial charge in [0, 0.05) is 32.0 Å². The number of benzene rings is 2. The van der Waals surface area contributed by atoms with Crippen molar-refractivity contribution < 1.29 is 19.7 Å². The van der Waals surface area contributed by atoms with Crippen molar-refractivity contribution >= 4 is 29.5 Å². The number of aromatic hydroxyl groups is 2. The summed E-state index contributed by atoms with van der Waals surface area (Å²) in [6.45, 7) is 27.1. The Hall–Kier alpha value is -1.79. The fourth-order valence-corrected chi connectivity index (χ4v) is 6.64. The van der Waals surface area contributed by atoms with Crippen molar-refractivity contribution in [3.63, 3.8) is 0 Å². The van der Waals surface area contributed by atoms with E-state index in [-0.39, 0.29) is 27.6 Å². The molecule has 2 N–H and O–H groups in total. The smallest absolute Gasteiger partial charge is 0.330 e. The number of phenolic OH excluding ortho intramolecular Hbond substituents is 2. The molecular weight excluding hydrogens is 512 g/mol. The predicted molar refractivity (Wildman–Crippen MR) is 163 cm³/mol. The largest absolute Gasteiger partial charge is 0.507 e. The molecule has 0 saturated carbocycles. The third-order valence-corrected chi connectivity index (χ3v) is 8.77. The van der Waals surface area contributed by atoms with E-state index in [1.807, 2.05) is 31.2 Å². The van der Waals surface area contributed by atoms with E-state index in [0.717, 1.165) is 32.0 Å². The van der Waals surface area contributed by atoms with E-state index in [9.17, 15) is 15.0 Å². The summed E-state index contributed by atoms with van der Waals surface area (Å²) in [6, 6.07) is 8.00. The van der Waals surface area contributed by atoms with Crippen LogP contribution in [0.15, 0.2) is 34.1 Å². The van der Waals surface area contributed by atoms with E-state index < -0.39 is 4.58 Å².